The van der Waals surface area contributed by atoms with Gasteiger partial charge in [-0.3, -0.25) is 23.2 Å². The van der Waals surface area contributed by atoms with Crippen LogP contribution in [0.15, 0.2) is 24.3 Å². The van der Waals surface area contributed by atoms with E-state index >= 15 is 0 Å². The summed E-state index contributed by atoms with van der Waals surface area (Å²) >= 11 is 4.20. The van der Waals surface area contributed by atoms with E-state index in [4.69, 9.17) is 4.55 Å². The first kappa shape index (κ1) is 24.7. The predicted octanol–water partition coefficient (Wildman–Crippen LogP) is -4.00. The Kier molecular flexibility index (Phi) is 11.7. The standard InChI is InChI=1S/C14H17NO5S2.2Na/c16-13-11-7-3-4-8-12(11)14(17)15(13)9-5-1-2-6-10-20-22(18,19)21;;/h3-4,7-8H,1-2,5-6,9-10H2,(H,18,19,21);;/q;2*+1. The zero-order valence-corrected chi connectivity index (χ0v) is 19.5. The van der Waals surface area contributed by atoms with E-state index < -0.39 is 9.05 Å². The third-order valence-electron chi connectivity index (χ3n) is 3.39. The summed E-state index contributed by atoms with van der Waals surface area (Å²) in [5.41, 5.74) is 0.924. The van der Waals surface area contributed by atoms with E-state index in [1.54, 1.807) is 24.3 Å². The van der Waals surface area contributed by atoms with Crippen LogP contribution < -0.4 is 59.1 Å². The molecule has 6 nitrogen and oxygen atoms in total. The van der Waals surface area contributed by atoms with Crippen molar-refractivity contribution in [3.63, 3.8) is 0 Å². The molecule has 1 aromatic carbocycles. The van der Waals surface area contributed by atoms with E-state index in [1.165, 1.54) is 4.90 Å². The second kappa shape index (κ2) is 11.4. The largest absolute Gasteiger partial charge is 1.00 e. The molecule has 1 aromatic rings. The van der Waals surface area contributed by atoms with Gasteiger partial charge in [-0.2, -0.15) is 4.21 Å². The summed E-state index contributed by atoms with van der Waals surface area (Å²) in [7, 11) is -3.54. The predicted molar refractivity (Wildman–Crippen MR) is 84.4 cm³/mol. The fourth-order valence-corrected chi connectivity index (χ4v) is 2.86. The molecule has 0 saturated carbocycles. The molecule has 0 bridgehead atoms. The van der Waals surface area contributed by atoms with Crippen LogP contribution in [0, 0.1) is 0 Å². The van der Waals surface area contributed by atoms with E-state index in [0.29, 0.717) is 30.5 Å². The number of nitrogens with zero attached hydrogens (tertiary/aromatic N) is 1. The van der Waals surface area contributed by atoms with Crippen molar-refractivity contribution < 1.29 is 81.6 Å². The zero-order valence-electron chi connectivity index (χ0n) is 13.9. The molecule has 0 spiro atoms. The van der Waals surface area contributed by atoms with E-state index in [-0.39, 0.29) is 77.5 Å². The minimum Gasteiger partial charge on any atom is -0.285 e. The minimum absolute atomic E-state index is 0. The van der Waals surface area contributed by atoms with Crippen molar-refractivity contribution in [1.29, 1.82) is 0 Å². The zero-order chi connectivity index (χ0) is 16.2. The van der Waals surface area contributed by atoms with Gasteiger partial charge in [0.05, 0.1) is 17.7 Å². The molecule has 1 aliphatic heterocycles. The Morgan fingerprint density at radius 2 is 1.50 bits per heavy atom. The molecule has 0 fully saturated rings. The van der Waals surface area contributed by atoms with E-state index in [1.807, 2.05) is 0 Å². The van der Waals surface area contributed by atoms with Crippen LogP contribution in [0.3, 0.4) is 0 Å². The molecule has 2 amide bonds. The number of fused-ring (bicyclic) bond motifs is 1. The molecule has 2 rings (SSSR count). The van der Waals surface area contributed by atoms with Gasteiger partial charge in [-0.05, 0) is 25.0 Å². The van der Waals surface area contributed by atoms with E-state index in [0.717, 1.165) is 12.8 Å². The van der Waals surface area contributed by atoms with Crippen LogP contribution in [0.5, 0.6) is 0 Å². The van der Waals surface area contributed by atoms with Crippen molar-refractivity contribution in [2.75, 3.05) is 13.2 Å². The van der Waals surface area contributed by atoms with Gasteiger partial charge in [-0.15, -0.1) is 0 Å². The Labute approximate surface area is 191 Å². The van der Waals surface area contributed by atoms with Crippen molar-refractivity contribution in [3.05, 3.63) is 35.4 Å². The molecule has 1 atom stereocenters. The summed E-state index contributed by atoms with van der Waals surface area (Å²) in [5, 5.41) is 0. The van der Waals surface area contributed by atoms with E-state index in [9.17, 15) is 13.8 Å². The second-order valence-electron chi connectivity index (χ2n) is 4.97. The molecule has 10 heteroatoms. The number of carbonyl (C=O) groups is 2. The Morgan fingerprint density at radius 1 is 1.00 bits per heavy atom. The van der Waals surface area contributed by atoms with Gasteiger partial charge >= 0.3 is 59.1 Å². The first-order valence-corrected chi connectivity index (χ1v) is 9.34. The average Bonchev–Trinajstić information content (AvgIpc) is 2.70. The summed E-state index contributed by atoms with van der Waals surface area (Å²) in [5.74, 6) is -0.481. The smallest absolute Gasteiger partial charge is 0.285 e. The number of benzene rings is 1. The Hall–Kier alpha value is 0.650. The minimum atomic E-state index is -3.54. The van der Waals surface area contributed by atoms with Gasteiger partial charge in [-0.1, -0.05) is 25.0 Å². The topological polar surface area (TPSA) is 83.9 Å². The van der Waals surface area contributed by atoms with Gasteiger partial charge in [0.1, 0.15) is 0 Å². The van der Waals surface area contributed by atoms with Crippen molar-refractivity contribution in [2.24, 2.45) is 0 Å². The fourth-order valence-electron chi connectivity index (χ4n) is 2.33. The van der Waals surface area contributed by atoms with Crippen LogP contribution in [-0.2, 0) is 24.4 Å². The molecule has 120 valence electrons. The summed E-state index contributed by atoms with van der Waals surface area (Å²) in [4.78, 5) is 25.5. The molecule has 1 aliphatic rings. The van der Waals surface area contributed by atoms with Gasteiger partial charge in [0, 0.05) is 17.7 Å². The van der Waals surface area contributed by atoms with Gasteiger partial charge in [0.25, 0.3) is 20.9 Å². The first-order chi connectivity index (χ1) is 10.4. The molecule has 0 saturated heterocycles. The molecule has 24 heavy (non-hydrogen) atoms. The molecule has 1 unspecified atom stereocenters. The van der Waals surface area contributed by atoms with Gasteiger partial charge in [-0.25, -0.2) is 0 Å². The first-order valence-electron chi connectivity index (χ1n) is 6.97. The van der Waals surface area contributed by atoms with Crippen molar-refractivity contribution in [3.8, 4) is 0 Å². The Balaban J connectivity index is 0.00000264. The van der Waals surface area contributed by atoms with Gasteiger partial charge in [0.2, 0.25) is 0 Å². The summed E-state index contributed by atoms with van der Waals surface area (Å²) < 4.78 is 24.0. The number of amides is 2. The normalized spacial score (nSPS) is 15.3. The number of unbranched alkanes of at least 4 members (excludes halogenated alkanes) is 3. The second-order valence-corrected chi connectivity index (χ2v) is 7.33. The van der Waals surface area contributed by atoms with Crippen molar-refractivity contribution in [1.82, 2.24) is 4.90 Å². The van der Waals surface area contributed by atoms with E-state index in [2.05, 4.69) is 15.4 Å². The maximum Gasteiger partial charge on any atom is 1.00 e. The van der Waals surface area contributed by atoms with Crippen LogP contribution in [0.25, 0.3) is 0 Å². The van der Waals surface area contributed by atoms with Crippen LogP contribution in [0.2, 0.25) is 0 Å². The van der Waals surface area contributed by atoms with Gasteiger partial charge in [0.15, 0.2) is 0 Å². The van der Waals surface area contributed by atoms with Crippen LogP contribution in [0.1, 0.15) is 46.4 Å². The molecule has 0 aromatic heterocycles. The monoisotopic (exact) mass is 389 g/mol. The molecule has 0 aliphatic carbocycles. The van der Waals surface area contributed by atoms with Crippen LogP contribution in [-0.4, -0.2) is 38.6 Å². The molecular weight excluding hydrogens is 372 g/mol. The van der Waals surface area contributed by atoms with Crippen LogP contribution in [0.4, 0.5) is 0 Å². The number of hydrogen-bond acceptors (Lipinski definition) is 5. The Bertz CT molecular complexity index is 646. The third-order valence-corrected chi connectivity index (χ3v) is 4.14. The van der Waals surface area contributed by atoms with Crippen molar-refractivity contribution in [2.45, 2.75) is 25.7 Å². The molecule has 1 N–H and O–H groups in total. The molecule has 1 heterocycles. The summed E-state index contributed by atoms with van der Waals surface area (Å²) in [6.45, 7) is 0.511. The molecule has 0 radical (unpaired) electrons. The Morgan fingerprint density at radius 3 is 2.00 bits per heavy atom. The van der Waals surface area contributed by atoms with Crippen molar-refractivity contribution >= 4 is 32.1 Å². The number of carbonyl (C=O) groups excluding carboxylic acids is 2. The summed E-state index contributed by atoms with van der Waals surface area (Å²) in [6.07, 6.45) is 2.86. The maximum atomic E-state index is 12.1. The average molecular weight is 389 g/mol. The van der Waals surface area contributed by atoms with Crippen LogP contribution >= 0.6 is 0 Å². The quantitative estimate of drug-likeness (QED) is 0.277. The SMILES string of the molecule is O=C1c2ccccc2C(=O)N1CCCCCCOS(=O)(O)=S.[Na+].[Na+]. The fraction of sp³-hybridized carbons (Fsp3) is 0.429. The summed E-state index contributed by atoms with van der Waals surface area (Å²) in [6, 6.07) is 6.81. The maximum absolute atomic E-state index is 12.1. The number of hydrogen-bond donors (Lipinski definition) is 1. The van der Waals surface area contributed by atoms with Gasteiger partial charge < -0.3 is 0 Å². The number of imide groups is 1. The third kappa shape index (κ3) is 7.11. The molecular formula is C14H17NNa2O5S2+2. The number of rotatable bonds is 8.